The smallest absolute Gasteiger partial charge is 0.350 e. The first-order chi connectivity index (χ1) is 12.9. The summed E-state index contributed by atoms with van der Waals surface area (Å²) in [5.74, 6) is 0.276. The van der Waals surface area contributed by atoms with Crippen molar-refractivity contribution in [3.05, 3.63) is 10.9 Å². The quantitative estimate of drug-likeness (QED) is 0.635. The number of carbonyl (C=O) groups excluding carboxylic acids is 2. The minimum atomic E-state index is -0.461. The van der Waals surface area contributed by atoms with E-state index in [9.17, 15) is 14.7 Å². The van der Waals surface area contributed by atoms with E-state index in [1.165, 1.54) is 7.11 Å². The number of carbonyl (C=O) groups is 2. The van der Waals surface area contributed by atoms with Gasteiger partial charge in [-0.3, -0.25) is 4.79 Å². The average molecular weight is 389 g/mol. The van der Waals surface area contributed by atoms with Crippen molar-refractivity contribution in [1.82, 2.24) is 0 Å². The molecule has 0 bridgehead atoms. The molecule has 2 radical (unpaired) electrons. The fourth-order valence-corrected chi connectivity index (χ4v) is 5.17. The summed E-state index contributed by atoms with van der Waals surface area (Å²) in [5.41, 5.74) is 0.578. The lowest BCUT2D eigenvalue weighted by molar-refractivity contribution is -0.124. The van der Waals surface area contributed by atoms with E-state index in [2.05, 4.69) is 6.92 Å². The van der Waals surface area contributed by atoms with E-state index in [-0.39, 0.29) is 24.0 Å². The molecule has 2 aliphatic carbocycles. The van der Waals surface area contributed by atoms with E-state index in [0.29, 0.717) is 34.1 Å². The summed E-state index contributed by atoms with van der Waals surface area (Å²) in [4.78, 5) is 28.0. The molecule has 1 aromatic rings. The largest absolute Gasteiger partial charge is 0.465 e. The molecule has 0 aliphatic heterocycles. The number of anilines is 1. The number of methoxy groups -OCH3 is 1. The third kappa shape index (κ3) is 4.57. The topological polar surface area (TPSA) is 66.8 Å². The second-order valence-corrected chi connectivity index (χ2v) is 9.07. The van der Waals surface area contributed by atoms with Crippen LogP contribution in [0.25, 0.3) is 0 Å². The molecule has 1 amide bonds. The minimum absolute atomic E-state index is 0.0142. The number of aliphatic hydroxyl groups excluding tert-OH is 1. The number of hydrogen-bond acceptors (Lipinski definition) is 5. The van der Waals surface area contributed by atoms with Gasteiger partial charge in [0.05, 0.1) is 18.9 Å². The van der Waals surface area contributed by atoms with Crippen molar-refractivity contribution >= 4 is 41.5 Å². The van der Waals surface area contributed by atoms with Gasteiger partial charge in [-0.1, -0.05) is 6.92 Å². The molecular weight excluding hydrogens is 361 g/mol. The molecule has 3 rings (SSSR count). The van der Waals surface area contributed by atoms with Crippen LogP contribution >= 0.6 is 11.3 Å². The number of nitrogens with zero attached hydrogens (tertiary/aromatic N) is 1. The van der Waals surface area contributed by atoms with Gasteiger partial charge in [-0.2, -0.15) is 0 Å². The maximum atomic E-state index is 13.5. The number of thiophene rings is 1. The van der Waals surface area contributed by atoms with Gasteiger partial charge in [0.25, 0.3) is 0 Å². The molecule has 5 nitrogen and oxygen atoms in total. The van der Waals surface area contributed by atoms with Gasteiger partial charge in [0.2, 0.25) is 5.91 Å². The molecule has 1 N–H and O–H groups in total. The van der Waals surface area contributed by atoms with Crippen molar-refractivity contribution in [2.45, 2.75) is 70.4 Å². The summed E-state index contributed by atoms with van der Waals surface area (Å²) >= 11 is 1.16. The molecule has 1 heterocycles. The minimum Gasteiger partial charge on any atom is -0.465 e. The van der Waals surface area contributed by atoms with Crippen molar-refractivity contribution in [3.8, 4) is 0 Å². The molecule has 0 unspecified atom stereocenters. The van der Waals surface area contributed by atoms with Crippen LogP contribution in [0, 0.1) is 11.8 Å². The van der Waals surface area contributed by atoms with Crippen LogP contribution in [-0.4, -0.2) is 44.1 Å². The van der Waals surface area contributed by atoms with Crippen LogP contribution in [0.4, 0.5) is 5.69 Å². The molecule has 2 aliphatic rings. The number of ether oxygens (including phenoxy) is 1. The highest BCUT2D eigenvalue weighted by molar-refractivity contribution is 7.22. The lowest BCUT2D eigenvalue weighted by atomic mass is 9.81. The van der Waals surface area contributed by atoms with E-state index >= 15 is 0 Å². The van der Waals surface area contributed by atoms with Gasteiger partial charge in [0.1, 0.15) is 12.7 Å². The molecule has 0 atom stereocenters. The van der Waals surface area contributed by atoms with E-state index in [1.807, 2.05) is 4.90 Å². The Morgan fingerprint density at radius 3 is 2.37 bits per heavy atom. The van der Waals surface area contributed by atoms with Crippen LogP contribution in [0.2, 0.25) is 0 Å². The second kappa shape index (κ2) is 8.78. The normalized spacial score (nSPS) is 28.6. The zero-order valence-corrected chi connectivity index (χ0v) is 17.0. The molecule has 0 saturated heterocycles. The predicted octanol–water partition coefficient (Wildman–Crippen LogP) is 2.79. The number of amides is 1. The highest BCUT2D eigenvalue weighted by Crippen LogP contribution is 2.37. The summed E-state index contributed by atoms with van der Waals surface area (Å²) in [7, 11) is 7.33. The number of hydrogen-bond donors (Lipinski definition) is 1. The number of aliphatic hydroxyl groups is 1. The molecule has 0 spiro atoms. The third-order valence-electron chi connectivity index (χ3n) is 6.00. The molecule has 27 heavy (non-hydrogen) atoms. The van der Waals surface area contributed by atoms with Crippen LogP contribution in [0.3, 0.4) is 0 Å². The summed E-state index contributed by atoms with van der Waals surface area (Å²) in [5, 5.41) is 9.89. The van der Waals surface area contributed by atoms with Crippen molar-refractivity contribution in [2.75, 3.05) is 12.0 Å². The summed E-state index contributed by atoms with van der Waals surface area (Å²) in [6.45, 7) is 2.23. The maximum absolute atomic E-state index is 13.5. The zero-order chi connectivity index (χ0) is 19.6. The van der Waals surface area contributed by atoms with Crippen LogP contribution < -0.4 is 9.68 Å². The van der Waals surface area contributed by atoms with Gasteiger partial charge in [-0.25, -0.2) is 4.79 Å². The molecule has 2 saturated carbocycles. The Labute approximate surface area is 166 Å². The van der Waals surface area contributed by atoms with E-state index in [4.69, 9.17) is 12.6 Å². The molecule has 146 valence electrons. The maximum Gasteiger partial charge on any atom is 0.350 e. The van der Waals surface area contributed by atoms with E-state index < -0.39 is 5.97 Å². The van der Waals surface area contributed by atoms with Gasteiger partial charge in [-0.05, 0) is 68.1 Å². The van der Waals surface area contributed by atoms with Crippen molar-refractivity contribution in [3.63, 3.8) is 0 Å². The van der Waals surface area contributed by atoms with Crippen molar-refractivity contribution in [1.29, 1.82) is 0 Å². The Hall–Kier alpha value is -1.34. The zero-order valence-electron chi connectivity index (χ0n) is 16.1. The standard InChI is InChI=1S/C20H28BNO4S/c1-12-3-5-13(6-4-12)19(24)22(14-7-9-15(23)10-8-14)16-11-17(21)27-18(16)20(25)26-2/h11-15,23H,3-10H2,1-2H3. The Balaban J connectivity index is 1.93. The predicted molar refractivity (Wildman–Crippen MR) is 108 cm³/mol. The lowest BCUT2D eigenvalue weighted by Gasteiger charge is -2.39. The Morgan fingerprint density at radius 1 is 1.15 bits per heavy atom. The van der Waals surface area contributed by atoms with Crippen molar-refractivity contribution in [2.24, 2.45) is 11.8 Å². The molecule has 0 aromatic carbocycles. The van der Waals surface area contributed by atoms with Gasteiger partial charge in [-0.15, -0.1) is 11.3 Å². The second-order valence-electron chi connectivity index (χ2n) is 7.98. The summed E-state index contributed by atoms with van der Waals surface area (Å²) in [6.07, 6.45) is 6.39. The first kappa shape index (κ1) is 20.4. The van der Waals surface area contributed by atoms with E-state index in [0.717, 1.165) is 49.9 Å². The average Bonchev–Trinajstić information content (AvgIpc) is 3.04. The summed E-state index contributed by atoms with van der Waals surface area (Å²) in [6, 6.07) is 1.71. The van der Waals surface area contributed by atoms with Crippen LogP contribution in [0.15, 0.2) is 6.07 Å². The number of esters is 1. The van der Waals surface area contributed by atoms with E-state index in [1.54, 1.807) is 6.07 Å². The first-order valence-corrected chi connectivity index (χ1v) is 10.7. The third-order valence-corrected chi connectivity index (χ3v) is 6.93. The highest BCUT2D eigenvalue weighted by atomic mass is 32.1. The number of rotatable bonds is 4. The Kier molecular flexibility index (Phi) is 6.63. The van der Waals surface area contributed by atoms with Gasteiger partial charge in [0, 0.05) is 12.0 Å². The molecular formula is C20H28BNO4S. The van der Waals surface area contributed by atoms with Gasteiger partial charge in [0.15, 0.2) is 0 Å². The van der Waals surface area contributed by atoms with Crippen molar-refractivity contribution < 1.29 is 19.4 Å². The summed E-state index contributed by atoms with van der Waals surface area (Å²) < 4.78 is 5.42. The first-order valence-electron chi connectivity index (χ1n) is 9.89. The fourth-order valence-electron chi connectivity index (χ4n) is 4.33. The Bertz CT molecular complexity index is 676. The Morgan fingerprint density at radius 2 is 1.78 bits per heavy atom. The van der Waals surface area contributed by atoms with Crippen LogP contribution in [0.5, 0.6) is 0 Å². The van der Waals surface area contributed by atoms with Crippen LogP contribution in [0.1, 0.15) is 68.0 Å². The molecule has 7 heteroatoms. The van der Waals surface area contributed by atoms with Crippen LogP contribution in [-0.2, 0) is 9.53 Å². The molecule has 2 fully saturated rings. The van der Waals surface area contributed by atoms with Gasteiger partial charge >= 0.3 is 5.97 Å². The molecule has 1 aromatic heterocycles. The lowest BCUT2D eigenvalue weighted by Crippen LogP contribution is -2.47. The van der Waals surface area contributed by atoms with Gasteiger partial charge < -0.3 is 14.7 Å². The highest BCUT2D eigenvalue weighted by Gasteiger charge is 2.37. The monoisotopic (exact) mass is 389 g/mol. The fraction of sp³-hybridized carbons (Fsp3) is 0.700. The SMILES string of the molecule is [B]c1cc(N(C(=O)C2CCC(C)CC2)C2CCC(O)CC2)c(C(=O)OC)s1.